The lowest BCUT2D eigenvalue weighted by molar-refractivity contribution is 0.738. The van der Waals surface area contributed by atoms with Crippen LogP contribution in [-0.2, 0) is 0 Å². The molecular formula is C15H17N5. The Morgan fingerprint density at radius 2 is 1.90 bits per heavy atom. The normalized spacial score (nSPS) is 14.6. The largest absolute Gasteiger partial charge is 0.353 e. The van der Waals surface area contributed by atoms with E-state index in [-0.39, 0.29) is 0 Å². The van der Waals surface area contributed by atoms with E-state index in [9.17, 15) is 5.26 Å². The molecule has 0 saturated carbocycles. The number of hydrogen-bond acceptors (Lipinski definition) is 4. The topological polar surface area (TPSA) is 57.7 Å². The van der Waals surface area contributed by atoms with Gasteiger partial charge in [0.05, 0.1) is 5.69 Å². The second-order valence-corrected chi connectivity index (χ2v) is 5.26. The van der Waals surface area contributed by atoms with E-state index in [4.69, 9.17) is 0 Å². The van der Waals surface area contributed by atoms with Crippen molar-refractivity contribution >= 4 is 5.82 Å². The molecule has 0 spiro atoms. The molecule has 1 saturated heterocycles. The van der Waals surface area contributed by atoms with Crippen LogP contribution in [0.25, 0.3) is 5.69 Å². The fraction of sp³-hybridized carbons (Fsp3) is 0.400. The zero-order chi connectivity index (χ0) is 14.1. The number of anilines is 1. The molecule has 2 aromatic rings. The summed E-state index contributed by atoms with van der Waals surface area (Å²) in [5.41, 5.74) is 3.60. The summed E-state index contributed by atoms with van der Waals surface area (Å²) < 4.78 is 0. The summed E-state index contributed by atoms with van der Waals surface area (Å²) in [7, 11) is 0. The van der Waals surface area contributed by atoms with Crippen molar-refractivity contribution in [2.45, 2.75) is 26.7 Å². The Morgan fingerprint density at radius 1 is 1.15 bits per heavy atom. The van der Waals surface area contributed by atoms with Gasteiger partial charge in [0.15, 0.2) is 5.82 Å². The molecule has 1 aliphatic rings. The molecule has 5 heteroatoms. The molecule has 20 heavy (non-hydrogen) atoms. The van der Waals surface area contributed by atoms with Gasteiger partial charge in [0.1, 0.15) is 6.07 Å². The van der Waals surface area contributed by atoms with E-state index in [0.717, 1.165) is 42.7 Å². The van der Waals surface area contributed by atoms with Gasteiger partial charge in [0, 0.05) is 13.1 Å². The number of aromatic nitrogens is 3. The maximum atomic E-state index is 9.27. The molecule has 0 radical (unpaired) electrons. The molecule has 1 aromatic heterocycles. The third-order valence-corrected chi connectivity index (χ3v) is 3.69. The Balaban J connectivity index is 2.07. The van der Waals surface area contributed by atoms with Crippen LogP contribution in [-0.4, -0.2) is 28.1 Å². The molecule has 3 rings (SSSR count). The molecule has 0 aliphatic carbocycles. The lowest BCUT2D eigenvalue weighted by atomic mass is 10.1. The minimum atomic E-state index is 0.410. The average Bonchev–Trinajstić information content (AvgIpc) is 3.09. The molecule has 0 unspecified atom stereocenters. The molecule has 2 heterocycles. The first-order chi connectivity index (χ1) is 9.69. The zero-order valence-electron chi connectivity index (χ0n) is 11.8. The summed E-state index contributed by atoms with van der Waals surface area (Å²) in [6.07, 6.45) is 2.31. The van der Waals surface area contributed by atoms with E-state index in [1.165, 1.54) is 0 Å². The van der Waals surface area contributed by atoms with E-state index in [1.54, 1.807) is 4.80 Å². The maximum absolute atomic E-state index is 9.27. The van der Waals surface area contributed by atoms with Crippen LogP contribution in [0.5, 0.6) is 0 Å². The Kier molecular flexibility index (Phi) is 3.15. The summed E-state index contributed by atoms with van der Waals surface area (Å²) in [5.74, 6) is 0.714. The number of benzene rings is 1. The number of hydrogen-bond donors (Lipinski definition) is 0. The van der Waals surface area contributed by atoms with Crippen molar-refractivity contribution in [3.63, 3.8) is 0 Å². The minimum absolute atomic E-state index is 0.410. The van der Waals surface area contributed by atoms with Gasteiger partial charge in [-0.2, -0.15) is 5.26 Å². The highest BCUT2D eigenvalue weighted by molar-refractivity contribution is 5.51. The van der Waals surface area contributed by atoms with Gasteiger partial charge in [0.25, 0.3) is 0 Å². The molecule has 5 nitrogen and oxygen atoms in total. The molecule has 0 atom stereocenters. The Morgan fingerprint density at radius 3 is 2.60 bits per heavy atom. The van der Waals surface area contributed by atoms with Crippen LogP contribution in [0.15, 0.2) is 18.2 Å². The first-order valence-corrected chi connectivity index (χ1v) is 6.89. The fourth-order valence-electron chi connectivity index (χ4n) is 2.56. The Bertz CT molecular complexity index is 674. The average molecular weight is 267 g/mol. The predicted molar refractivity (Wildman–Crippen MR) is 77.0 cm³/mol. The molecule has 0 bridgehead atoms. The van der Waals surface area contributed by atoms with Gasteiger partial charge >= 0.3 is 0 Å². The smallest absolute Gasteiger partial charge is 0.207 e. The number of rotatable bonds is 2. The lowest BCUT2D eigenvalue weighted by Crippen LogP contribution is -2.19. The first-order valence-electron chi connectivity index (χ1n) is 6.89. The van der Waals surface area contributed by atoms with Crippen molar-refractivity contribution in [3.05, 3.63) is 35.0 Å². The second-order valence-electron chi connectivity index (χ2n) is 5.26. The van der Waals surface area contributed by atoms with Crippen LogP contribution in [0.4, 0.5) is 5.82 Å². The van der Waals surface area contributed by atoms with Crippen molar-refractivity contribution in [2.24, 2.45) is 0 Å². The molecule has 1 aliphatic heterocycles. The molecule has 0 amide bonds. The molecular weight excluding hydrogens is 250 g/mol. The van der Waals surface area contributed by atoms with Crippen LogP contribution >= 0.6 is 0 Å². The van der Waals surface area contributed by atoms with E-state index in [2.05, 4.69) is 33.3 Å². The van der Waals surface area contributed by atoms with Crippen LogP contribution in [0.3, 0.4) is 0 Å². The standard InChI is InChI=1S/C15H17N5/c1-11-5-6-12(2)14(9-11)20-17-13(10-16)15(18-20)19-7-3-4-8-19/h5-6,9H,3-4,7-8H2,1-2H3. The maximum Gasteiger partial charge on any atom is 0.207 e. The van der Waals surface area contributed by atoms with Gasteiger partial charge in [-0.3, -0.25) is 0 Å². The molecule has 1 aromatic carbocycles. The van der Waals surface area contributed by atoms with Gasteiger partial charge in [-0.25, -0.2) is 0 Å². The monoisotopic (exact) mass is 267 g/mol. The summed E-state index contributed by atoms with van der Waals surface area (Å²) in [5, 5.41) is 18.2. The van der Waals surface area contributed by atoms with E-state index < -0.39 is 0 Å². The first kappa shape index (κ1) is 12.7. The van der Waals surface area contributed by atoms with Crippen molar-refractivity contribution < 1.29 is 0 Å². The van der Waals surface area contributed by atoms with Gasteiger partial charge < -0.3 is 4.90 Å². The van der Waals surface area contributed by atoms with E-state index >= 15 is 0 Å². The molecule has 0 N–H and O–H groups in total. The Labute approximate surface area is 118 Å². The van der Waals surface area contributed by atoms with Crippen LogP contribution in [0.1, 0.15) is 29.7 Å². The van der Waals surface area contributed by atoms with Crippen LogP contribution in [0, 0.1) is 25.2 Å². The molecule has 102 valence electrons. The minimum Gasteiger partial charge on any atom is -0.353 e. The summed E-state index contributed by atoms with van der Waals surface area (Å²) in [4.78, 5) is 3.74. The van der Waals surface area contributed by atoms with Crippen molar-refractivity contribution in [1.29, 1.82) is 5.26 Å². The second kappa shape index (κ2) is 4.97. The summed E-state index contributed by atoms with van der Waals surface area (Å²) >= 11 is 0. The molecule has 1 fully saturated rings. The highest BCUT2D eigenvalue weighted by Gasteiger charge is 2.21. The van der Waals surface area contributed by atoms with Crippen LogP contribution < -0.4 is 4.90 Å². The number of nitrogens with zero attached hydrogens (tertiary/aromatic N) is 5. The Hall–Kier alpha value is -2.35. The van der Waals surface area contributed by atoms with E-state index in [1.807, 2.05) is 19.9 Å². The van der Waals surface area contributed by atoms with Gasteiger partial charge in [0.2, 0.25) is 5.69 Å². The van der Waals surface area contributed by atoms with Crippen molar-refractivity contribution in [3.8, 4) is 11.8 Å². The summed E-state index contributed by atoms with van der Waals surface area (Å²) in [6, 6.07) is 8.32. The lowest BCUT2D eigenvalue weighted by Gasteiger charge is -2.13. The van der Waals surface area contributed by atoms with E-state index in [0.29, 0.717) is 11.5 Å². The quantitative estimate of drug-likeness (QED) is 0.838. The number of aryl methyl sites for hydroxylation is 2. The number of nitriles is 1. The predicted octanol–water partition coefficient (Wildman–Crippen LogP) is 2.36. The third-order valence-electron chi connectivity index (χ3n) is 3.69. The van der Waals surface area contributed by atoms with Crippen molar-refractivity contribution in [2.75, 3.05) is 18.0 Å². The highest BCUT2D eigenvalue weighted by Crippen LogP contribution is 2.23. The third kappa shape index (κ3) is 2.14. The van der Waals surface area contributed by atoms with Gasteiger partial charge in [-0.05, 0) is 43.9 Å². The van der Waals surface area contributed by atoms with Crippen LogP contribution in [0.2, 0.25) is 0 Å². The highest BCUT2D eigenvalue weighted by atomic mass is 15.5. The SMILES string of the molecule is Cc1ccc(C)c(-n2nc(C#N)c(N3CCCC3)n2)c1. The zero-order valence-corrected chi connectivity index (χ0v) is 11.8. The van der Waals surface area contributed by atoms with Gasteiger partial charge in [-0.15, -0.1) is 15.0 Å². The fourth-order valence-corrected chi connectivity index (χ4v) is 2.56. The van der Waals surface area contributed by atoms with Gasteiger partial charge in [-0.1, -0.05) is 12.1 Å². The van der Waals surface area contributed by atoms with Crippen molar-refractivity contribution in [1.82, 2.24) is 15.0 Å². The summed E-state index contributed by atoms with van der Waals surface area (Å²) in [6.45, 7) is 5.99.